The number of piperidine rings is 1. The molecule has 1 aliphatic rings. The second-order valence-electron chi connectivity index (χ2n) is 5.86. The smallest absolute Gasteiger partial charge is 0.257 e. The number of carbonyl (C=O) groups excluding carboxylic acids is 1. The van der Waals surface area contributed by atoms with Crippen LogP contribution in [0.5, 0.6) is 5.75 Å². The fourth-order valence-corrected chi connectivity index (χ4v) is 2.68. The van der Waals surface area contributed by atoms with Gasteiger partial charge in [-0.2, -0.15) is 0 Å². The van der Waals surface area contributed by atoms with E-state index in [2.05, 4.69) is 5.32 Å². The van der Waals surface area contributed by atoms with E-state index in [-0.39, 0.29) is 29.3 Å². The summed E-state index contributed by atoms with van der Waals surface area (Å²) >= 11 is 0. The minimum atomic E-state index is -0.678. The first-order chi connectivity index (χ1) is 9.99. The van der Waals surface area contributed by atoms with Crippen LogP contribution < -0.4 is 5.32 Å². The van der Waals surface area contributed by atoms with Crippen LogP contribution in [0.2, 0.25) is 0 Å². The van der Waals surface area contributed by atoms with Crippen molar-refractivity contribution in [2.24, 2.45) is 0 Å². The van der Waals surface area contributed by atoms with Gasteiger partial charge in [0.25, 0.3) is 5.91 Å². The minimum absolute atomic E-state index is 0.00516. The van der Waals surface area contributed by atoms with E-state index in [1.54, 1.807) is 4.90 Å². The molecular weight excluding hydrogens is 271 g/mol. The van der Waals surface area contributed by atoms with Gasteiger partial charge >= 0.3 is 0 Å². The third-order valence-corrected chi connectivity index (χ3v) is 3.90. The number of phenols is 1. The van der Waals surface area contributed by atoms with Crippen LogP contribution in [0.1, 0.15) is 43.5 Å². The van der Waals surface area contributed by atoms with E-state index in [1.165, 1.54) is 18.6 Å². The van der Waals surface area contributed by atoms with Gasteiger partial charge in [-0.05, 0) is 45.4 Å². The van der Waals surface area contributed by atoms with Crippen molar-refractivity contribution in [1.82, 2.24) is 10.2 Å². The van der Waals surface area contributed by atoms with Crippen molar-refractivity contribution in [2.75, 3.05) is 13.1 Å². The Labute approximate surface area is 125 Å². The Morgan fingerprint density at radius 1 is 1.48 bits per heavy atom. The zero-order valence-electron chi connectivity index (χ0n) is 12.6. The molecule has 0 aromatic heterocycles. The Morgan fingerprint density at radius 3 is 2.81 bits per heavy atom. The zero-order valence-corrected chi connectivity index (χ0v) is 12.6. The molecule has 4 nitrogen and oxygen atoms in total. The molecule has 1 fully saturated rings. The molecule has 2 N–H and O–H groups in total. The van der Waals surface area contributed by atoms with Gasteiger partial charge in [-0.1, -0.05) is 6.42 Å². The Hall–Kier alpha value is -1.62. The van der Waals surface area contributed by atoms with E-state index in [9.17, 15) is 14.3 Å². The van der Waals surface area contributed by atoms with Gasteiger partial charge in [0.2, 0.25) is 0 Å². The molecule has 5 heteroatoms. The predicted octanol–water partition coefficient (Wildman–Crippen LogP) is 2.52. The summed E-state index contributed by atoms with van der Waals surface area (Å²) in [5.74, 6) is -1.17. The highest BCUT2D eigenvalue weighted by Crippen LogP contribution is 2.19. The number of halogens is 1. The number of aromatic hydroxyl groups is 1. The van der Waals surface area contributed by atoms with Crippen LogP contribution in [0.3, 0.4) is 0 Å². The van der Waals surface area contributed by atoms with E-state index in [1.807, 2.05) is 13.8 Å². The number of amides is 1. The molecule has 1 saturated heterocycles. The Bertz CT molecular complexity index is 499. The number of hydrogen-bond donors (Lipinski definition) is 2. The number of hydrogen-bond acceptors (Lipinski definition) is 3. The van der Waals surface area contributed by atoms with Crippen molar-refractivity contribution < 1.29 is 14.3 Å². The molecule has 1 heterocycles. The quantitative estimate of drug-likeness (QED) is 0.897. The third-order valence-electron chi connectivity index (χ3n) is 3.90. The fraction of sp³-hybridized carbons (Fsp3) is 0.562. The predicted molar refractivity (Wildman–Crippen MR) is 79.9 cm³/mol. The number of carbonyl (C=O) groups is 1. The van der Waals surface area contributed by atoms with Gasteiger partial charge in [-0.15, -0.1) is 0 Å². The van der Waals surface area contributed by atoms with Gasteiger partial charge in [-0.3, -0.25) is 4.79 Å². The van der Waals surface area contributed by atoms with Gasteiger partial charge in [0, 0.05) is 24.7 Å². The van der Waals surface area contributed by atoms with Crippen LogP contribution in [0, 0.1) is 5.82 Å². The molecule has 0 bridgehead atoms. The summed E-state index contributed by atoms with van der Waals surface area (Å²) in [5.41, 5.74) is 0.0114. The van der Waals surface area contributed by atoms with Crippen molar-refractivity contribution in [1.29, 1.82) is 0 Å². The molecule has 0 spiro atoms. The molecule has 1 amide bonds. The maximum atomic E-state index is 13.9. The first-order valence-electron chi connectivity index (χ1n) is 7.52. The lowest BCUT2D eigenvalue weighted by molar-refractivity contribution is 0.0672. The highest BCUT2D eigenvalue weighted by atomic mass is 19.1. The molecule has 1 unspecified atom stereocenters. The highest BCUT2D eigenvalue weighted by Gasteiger charge is 2.25. The Morgan fingerprint density at radius 2 is 2.24 bits per heavy atom. The van der Waals surface area contributed by atoms with Crippen LogP contribution in [-0.4, -0.2) is 41.1 Å². The molecule has 1 atom stereocenters. The van der Waals surface area contributed by atoms with E-state index in [0.717, 1.165) is 25.5 Å². The van der Waals surface area contributed by atoms with Gasteiger partial charge in [0.05, 0.1) is 5.56 Å². The van der Waals surface area contributed by atoms with Crippen LogP contribution in [0.4, 0.5) is 4.39 Å². The second kappa shape index (κ2) is 6.89. The molecule has 1 aromatic rings. The van der Waals surface area contributed by atoms with Crippen molar-refractivity contribution in [3.63, 3.8) is 0 Å². The van der Waals surface area contributed by atoms with E-state index >= 15 is 0 Å². The summed E-state index contributed by atoms with van der Waals surface area (Å²) in [6.45, 7) is 5.41. The number of rotatable bonds is 4. The van der Waals surface area contributed by atoms with Crippen LogP contribution in [0.25, 0.3) is 0 Å². The normalized spacial score (nSPS) is 18.8. The maximum Gasteiger partial charge on any atom is 0.257 e. The number of phenolic OH excluding ortho intramolecular Hbond substituents is 1. The van der Waals surface area contributed by atoms with E-state index < -0.39 is 5.82 Å². The maximum absolute atomic E-state index is 13.9. The average molecular weight is 294 g/mol. The lowest BCUT2D eigenvalue weighted by atomic mass is 10.0. The SMILES string of the molecule is CC(C)N(CC1CCCCN1)C(=O)c1ccc(O)cc1F. The molecule has 2 rings (SSSR count). The molecule has 116 valence electrons. The Kier molecular flexibility index (Phi) is 5.17. The van der Waals surface area contributed by atoms with Crippen molar-refractivity contribution in [3.05, 3.63) is 29.6 Å². The summed E-state index contributed by atoms with van der Waals surface area (Å²) in [4.78, 5) is 14.3. The largest absolute Gasteiger partial charge is 0.508 e. The topological polar surface area (TPSA) is 52.6 Å². The van der Waals surface area contributed by atoms with Crippen LogP contribution in [0.15, 0.2) is 18.2 Å². The summed E-state index contributed by atoms with van der Waals surface area (Å²) in [7, 11) is 0. The summed E-state index contributed by atoms with van der Waals surface area (Å²) < 4.78 is 13.9. The van der Waals surface area contributed by atoms with Gasteiger partial charge in [-0.25, -0.2) is 4.39 Å². The van der Waals surface area contributed by atoms with Crippen LogP contribution in [-0.2, 0) is 0 Å². The minimum Gasteiger partial charge on any atom is -0.508 e. The molecule has 0 aliphatic carbocycles. The molecule has 1 aliphatic heterocycles. The van der Waals surface area contributed by atoms with Crippen molar-refractivity contribution in [2.45, 2.75) is 45.2 Å². The summed E-state index contributed by atoms with van der Waals surface area (Å²) in [6, 6.07) is 3.93. The number of benzene rings is 1. The molecule has 21 heavy (non-hydrogen) atoms. The monoisotopic (exact) mass is 294 g/mol. The molecular formula is C16H23FN2O2. The van der Waals surface area contributed by atoms with Gasteiger partial charge in [0.15, 0.2) is 0 Å². The van der Waals surface area contributed by atoms with Crippen molar-refractivity contribution >= 4 is 5.91 Å². The summed E-state index contributed by atoms with van der Waals surface area (Å²) in [5, 5.41) is 12.7. The lowest BCUT2D eigenvalue weighted by Crippen LogP contribution is -2.48. The van der Waals surface area contributed by atoms with Crippen LogP contribution >= 0.6 is 0 Å². The number of nitrogens with one attached hydrogen (secondary N) is 1. The molecule has 1 aromatic carbocycles. The molecule has 0 saturated carbocycles. The lowest BCUT2D eigenvalue weighted by Gasteiger charge is -2.33. The fourth-order valence-electron chi connectivity index (χ4n) is 2.68. The molecule has 0 radical (unpaired) electrons. The summed E-state index contributed by atoms with van der Waals surface area (Å²) in [6.07, 6.45) is 3.36. The average Bonchev–Trinajstić information content (AvgIpc) is 2.45. The third kappa shape index (κ3) is 3.94. The Balaban J connectivity index is 2.14. The first-order valence-corrected chi connectivity index (χ1v) is 7.52. The van der Waals surface area contributed by atoms with Gasteiger partial charge < -0.3 is 15.3 Å². The standard InChI is InChI=1S/C16H23FN2O2/c1-11(2)19(10-12-5-3-4-8-18-12)16(21)14-7-6-13(20)9-15(14)17/h6-7,9,11-12,18,20H,3-5,8,10H2,1-2H3. The van der Waals surface area contributed by atoms with Crippen molar-refractivity contribution in [3.8, 4) is 5.75 Å². The van der Waals surface area contributed by atoms with Gasteiger partial charge in [0.1, 0.15) is 11.6 Å². The van der Waals surface area contributed by atoms with E-state index in [0.29, 0.717) is 6.54 Å². The zero-order chi connectivity index (χ0) is 15.4. The first kappa shape index (κ1) is 15.8. The number of nitrogens with zero attached hydrogens (tertiary/aromatic N) is 1. The highest BCUT2D eigenvalue weighted by molar-refractivity contribution is 5.94. The second-order valence-corrected chi connectivity index (χ2v) is 5.86. The van der Waals surface area contributed by atoms with E-state index in [4.69, 9.17) is 0 Å².